The number of aryl methyl sites for hydroxylation is 1. The van der Waals surface area contributed by atoms with E-state index in [2.05, 4.69) is 36.1 Å². The van der Waals surface area contributed by atoms with Crippen LogP contribution in [0.3, 0.4) is 0 Å². The Bertz CT molecular complexity index is 708. The average Bonchev–Trinajstić information content (AvgIpc) is 2.92. The highest BCUT2D eigenvalue weighted by molar-refractivity contribution is 5.75. The molecule has 0 unspecified atom stereocenters. The van der Waals surface area contributed by atoms with Gasteiger partial charge >= 0.3 is 0 Å². The average molecular weight is 280 g/mol. The molecule has 1 atom stereocenters. The third kappa shape index (κ3) is 2.40. The third-order valence-corrected chi connectivity index (χ3v) is 4.38. The van der Waals surface area contributed by atoms with Crippen molar-refractivity contribution in [3.8, 4) is 17.2 Å². The fourth-order valence-corrected chi connectivity index (χ4v) is 3.18. The topological polar surface area (TPSA) is 44.9 Å². The Morgan fingerprint density at radius 2 is 2.19 bits per heavy atom. The number of rotatable bonds is 2. The Labute approximate surface area is 125 Å². The number of aromatic nitrogens is 2. The first kappa shape index (κ1) is 13.7. The van der Waals surface area contributed by atoms with Gasteiger partial charge in [0.05, 0.1) is 17.8 Å². The monoisotopic (exact) mass is 280 g/mol. The predicted molar refractivity (Wildman–Crippen MR) is 84.1 cm³/mol. The molecule has 0 saturated heterocycles. The minimum atomic E-state index is 0.692. The van der Waals surface area contributed by atoms with Gasteiger partial charge in [0.15, 0.2) is 0 Å². The molecule has 108 valence electrons. The lowest BCUT2D eigenvalue weighted by molar-refractivity contribution is 0.489. The van der Waals surface area contributed by atoms with Gasteiger partial charge in [-0.05, 0) is 30.0 Å². The Morgan fingerprint density at radius 3 is 2.81 bits per heavy atom. The van der Waals surface area contributed by atoms with E-state index in [1.165, 1.54) is 17.7 Å². The molecule has 4 heteroatoms. The molecule has 4 nitrogen and oxygen atoms in total. The molecule has 21 heavy (non-hydrogen) atoms. The van der Waals surface area contributed by atoms with Gasteiger partial charge in [-0.25, -0.2) is 0 Å². The van der Waals surface area contributed by atoms with Crippen molar-refractivity contribution < 1.29 is 0 Å². The number of nitrogens with zero attached hydrogens (tertiary/aromatic N) is 4. The normalized spacial score (nSPS) is 17.4. The summed E-state index contributed by atoms with van der Waals surface area (Å²) in [7, 11) is 4.01. The molecule has 0 amide bonds. The SMILES string of the molecule is CC[C@@H]1Cc2cc(-c3cnn(C)c3)c(C#N)cc2N(C)C1. The Morgan fingerprint density at radius 1 is 1.38 bits per heavy atom. The van der Waals surface area contributed by atoms with E-state index in [-0.39, 0.29) is 0 Å². The molecule has 0 saturated carbocycles. The summed E-state index contributed by atoms with van der Waals surface area (Å²) in [5, 5.41) is 13.7. The van der Waals surface area contributed by atoms with Crippen LogP contribution in [0.1, 0.15) is 24.5 Å². The number of fused-ring (bicyclic) bond motifs is 1. The minimum absolute atomic E-state index is 0.692. The van der Waals surface area contributed by atoms with Gasteiger partial charge < -0.3 is 4.90 Å². The molecule has 0 aliphatic carbocycles. The molecule has 0 fully saturated rings. The van der Waals surface area contributed by atoms with Crippen LogP contribution in [0.5, 0.6) is 0 Å². The van der Waals surface area contributed by atoms with Gasteiger partial charge in [0.2, 0.25) is 0 Å². The number of benzene rings is 1. The molecule has 0 N–H and O–H groups in total. The van der Waals surface area contributed by atoms with Crippen molar-refractivity contribution >= 4 is 5.69 Å². The molecule has 2 aromatic rings. The van der Waals surface area contributed by atoms with Crippen LogP contribution in [-0.4, -0.2) is 23.4 Å². The smallest absolute Gasteiger partial charge is 0.0998 e. The van der Waals surface area contributed by atoms with Crippen LogP contribution in [-0.2, 0) is 13.5 Å². The van der Waals surface area contributed by atoms with Crippen LogP contribution in [0.2, 0.25) is 0 Å². The molecule has 0 spiro atoms. The van der Waals surface area contributed by atoms with Crippen molar-refractivity contribution in [1.29, 1.82) is 5.26 Å². The lowest BCUT2D eigenvalue weighted by Crippen LogP contribution is -2.32. The Balaban J connectivity index is 2.12. The van der Waals surface area contributed by atoms with E-state index in [9.17, 15) is 5.26 Å². The zero-order valence-electron chi connectivity index (χ0n) is 12.8. The molecule has 2 heterocycles. The quantitative estimate of drug-likeness (QED) is 0.849. The van der Waals surface area contributed by atoms with Gasteiger partial charge in [-0.3, -0.25) is 4.68 Å². The number of hydrogen-bond donors (Lipinski definition) is 0. The van der Waals surface area contributed by atoms with Crippen LogP contribution in [0.4, 0.5) is 5.69 Å². The van der Waals surface area contributed by atoms with Gasteiger partial charge in [-0.1, -0.05) is 13.3 Å². The zero-order valence-corrected chi connectivity index (χ0v) is 12.8. The summed E-state index contributed by atoms with van der Waals surface area (Å²) in [5.74, 6) is 0.692. The largest absolute Gasteiger partial charge is 0.374 e. The second-order valence-electron chi connectivity index (χ2n) is 5.90. The maximum atomic E-state index is 9.48. The van der Waals surface area contributed by atoms with Crippen molar-refractivity contribution in [3.63, 3.8) is 0 Å². The summed E-state index contributed by atoms with van der Waals surface area (Å²) in [5.41, 5.74) is 5.27. The summed E-state index contributed by atoms with van der Waals surface area (Å²) in [6.07, 6.45) is 6.07. The minimum Gasteiger partial charge on any atom is -0.374 e. The van der Waals surface area contributed by atoms with Crippen molar-refractivity contribution in [2.24, 2.45) is 13.0 Å². The highest BCUT2D eigenvalue weighted by Gasteiger charge is 2.23. The van der Waals surface area contributed by atoms with E-state index in [1.807, 2.05) is 25.5 Å². The van der Waals surface area contributed by atoms with Gasteiger partial charge in [-0.15, -0.1) is 0 Å². The zero-order chi connectivity index (χ0) is 15.0. The number of nitriles is 1. The highest BCUT2D eigenvalue weighted by atomic mass is 15.2. The van der Waals surface area contributed by atoms with Crippen LogP contribution in [0.25, 0.3) is 11.1 Å². The number of hydrogen-bond acceptors (Lipinski definition) is 3. The van der Waals surface area contributed by atoms with Gasteiger partial charge in [0.25, 0.3) is 0 Å². The van der Waals surface area contributed by atoms with E-state index in [0.29, 0.717) is 5.92 Å². The van der Waals surface area contributed by atoms with E-state index in [0.717, 1.165) is 29.7 Å². The van der Waals surface area contributed by atoms with E-state index in [1.54, 1.807) is 4.68 Å². The van der Waals surface area contributed by atoms with Crippen LogP contribution in [0.15, 0.2) is 24.5 Å². The standard InChI is InChI=1S/C17H20N4/c1-4-12-5-13-6-16(15-9-19-21(3)11-15)14(8-18)7-17(13)20(2)10-12/h6-7,9,11-12H,4-5,10H2,1-3H3/t12-/m1/s1. The summed E-state index contributed by atoms with van der Waals surface area (Å²) in [6.45, 7) is 3.32. The Kier molecular flexibility index (Phi) is 3.42. The molecule has 1 aromatic carbocycles. The molecule has 1 aliphatic heterocycles. The van der Waals surface area contributed by atoms with Gasteiger partial charge in [-0.2, -0.15) is 10.4 Å². The van der Waals surface area contributed by atoms with E-state index < -0.39 is 0 Å². The molecule has 1 aromatic heterocycles. The summed E-state index contributed by atoms with van der Waals surface area (Å²) in [6, 6.07) is 6.55. The molecule has 0 bridgehead atoms. The fourth-order valence-electron chi connectivity index (χ4n) is 3.18. The van der Waals surface area contributed by atoms with E-state index >= 15 is 0 Å². The van der Waals surface area contributed by atoms with Gasteiger partial charge in [0.1, 0.15) is 0 Å². The van der Waals surface area contributed by atoms with Crippen LogP contribution in [0, 0.1) is 17.2 Å². The van der Waals surface area contributed by atoms with Crippen molar-refractivity contribution in [1.82, 2.24) is 9.78 Å². The van der Waals surface area contributed by atoms with Crippen LogP contribution < -0.4 is 4.90 Å². The maximum Gasteiger partial charge on any atom is 0.0998 e. The molecule has 0 radical (unpaired) electrons. The van der Waals surface area contributed by atoms with E-state index in [4.69, 9.17) is 0 Å². The van der Waals surface area contributed by atoms with Gasteiger partial charge in [0, 0.05) is 43.7 Å². The lowest BCUT2D eigenvalue weighted by Gasteiger charge is -2.33. The first-order valence-corrected chi connectivity index (χ1v) is 7.39. The summed E-state index contributed by atoms with van der Waals surface area (Å²) in [4.78, 5) is 2.28. The molecular weight excluding hydrogens is 260 g/mol. The van der Waals surface area contributed by atoms with Crippen molar-refractivity contribution in [2.45, 2.75) is 19.8 Å². The first-order chi connectivity index (χ1) is 10.1. The first-order valence-electron chi connectivity index (χ1n) is 7.39. The predicted octanol–water partition coefficient (Wildman–Crippen LogP) is 2.98. The molecular formula is C17H20N4. The number of anilines is 1. The second-order valence-corrected chi connectivity index (χ2v) is 5.90. The summed E-state index contributed by atoms with van der Waals surface area (Å²) >= 11 is 0. The van der Waals surface area contributed by atoms with Crippen molar-refractivity contribution in [2.75, 3.05) is 18.5 Å². The highest BCUT2D eigenvalue weighted by Crippen LogP contribution is 2.35. The fraction of sp³-hybridized carbons (Fsp3) is 0.412. The lowest BCUT2D eigenvalue weighted by atomic mass is 9.87. The Hall–Kier alpha value is -2.28. The molecule has 1 aliphatic rings. The third-order valence-electron chi connectivity index (χ3n) is 4.38. The second kappa shape index (κ2) is 5.25. The molecule has 3 rings (SSSR count). The maximum absolute atomic E-state index is 9.48. The van der Waals surface area contributed by atoms with Crippen molar-refractivity contribution in [3.05, 3.63) is 35.7 Å². The van der Waals surface area contributed by atoms with Crippen LogP contribution >= 0.6 is 0 Å². The summed E-state index contributed by atoms with van der Waals surface area (Å²) < 4.78 is 1.77.